The number of aromatic nitrogens is 2. The molecule has 92 valence electrons. The number of benzene rings is 1. The van der Waals surface area contributed by atoms with Crippen LogP contribution in [0.4, 0.5) is 4.39 Å². The Labute approximate surface area is 104 Å². The Morgan fingerprint density at radius 1 is 1.44 bits per heavy atom. The van der Waals surface area contributed by atoms with Crippen molar-refractivity contribution in [3.63, 3.8) is 0 Å². The highest BCUT2D eigenvalue weighted by atomic mass is 19.1. The maximum Gasteiger partial charge on any atom is 0.143 e. The Hall–Kier alpha value is -2.19. The number of imidazole rings is 1. The Bertz CT molecular complexity index is 617. The molecule has 1 aromatic heterocycles. The highest BCUT2D eigenvalue weighted by Crippen LogP contribution is 2.23. The third-order valence-electron chi connectivity index (χ3n) is 2.66. The van der Waals surface area contributed by atoms with Crippen molar-refractivity contribution < 1.29 is 4.39 Å². The van der Waals surface area contributed by atoms with Crippen LogP contribution in [0, 0.1) is 17.1 Å². The van der Waals surface area contributed by atoms with E-state index in [9.17, 15) is 4.39 Å². The van der Waals surface area contributed by atoms with Crippen LogP contribution < -0.4 is 5.73 Å². The van der Waals surface area contributed by atoms with E-state index < -0.39 is 11.4 Å². The predicted octanol–water partition coefficient (Wildman–Crippen LogP) is 2.08. The topological polar surface area (TPSA) is 67.6 Å². The number of nitrogens with zero attached hydrogens (tertiary/aromatic N) is 3. The van der Waals surface area contributed by atoms with Gasteiger partial charge in [0.15, 0.2) is 0 Å². The quantitative estimate of drug-likeness (QED) is 0.879. The van der Waals surface area contributed by atoms with Crippen LogP contribution in [0.25, 0.3) is 5.69 Å². The van der Waals surface area contributed by atoms with Crippen LogP contribution in [0.3, 0.4) is 0 Å². The molecule has 0 bridgehead atoms. The first-order valence-corrected chi connectivity index (χ1v) is 5.46. The monoisotopic (exact) mass is 244 g/mol. The Morgan fingerprint density at radius 3 is 2.78 bits per heavy atom. The van der Waals surface area contributed by atoms with Crippen LogP contribution in [-0.2, 0) is 5.54 Å². The van der Waals surface area contributed by atoms with E-state index in [2.05, 4.69) is 4.98 Å². The summed E-state index contributed by atoms with van der Waals surface area (Å²) in [6, 6.07) is 6.34. The lowest BCUT2D eigenvalue weighted by Crippen LogP contribution is -2.31. The number of halogens is 1. The highest BCUT2D eigenvalue weighted by molar-refractivity contribution is 5.50. The molecule has 0 aliphatic heterocycles. The van der Waals surface area contributed by atoms with E-state index in [4.69, 9.17) is 11.0 Å². The van der Waals surface area contributed by atoms with Crippen molar-refractivity contribution in [1.29, 1.82) is 5.26 Å². The molecule has 4 nitrogen and oxygen atoms in total. The molecule has 18 heavy (non-hydrogen) atoms. The molecule has 0 radical (unpaired) electrons. The predicted molar refractivity (Wildman–Crippen MR) is 65.5 cm³/mol. The average molecular weight is 244 g/mol. The molecule has 0 unspecified atom stereocenters. The normalized spacial score (nSPS) is 11.3. The first kappa shape index (κ1) is 12.3. The molecular formula is C13H13FN4. The van der Waals surface area contributed by atoms with Crippen molar-refractivity contribution in [1.82, 2.24) is 9.55 Å². The summed E-state index contributed by atoms with van der Waals surface area (Å²) < 4.78 is 15.2. The van der Waals surface area contributed by atoms with Gasteiger partial charge in [0.25, 0.3) is 0 Å². The molecule has 0 aliphatic rings. The van der Waals surface area contributed by atoms with Gasteiger partial charge in [-0.05, 0) is 26.0 Å². The Balaban J connectivity index is 2.69. The van der Waals surface area contributed by atoms with Crippen molar-refractivity contribution in [2.75, 3.05) is 0 Å². The fourth-order valence-electron chi connectivity index (χ4n) is 1.79. The van der Waals surface area contributed by atoms with Crippen LogP contribution in [-0.4, -0.2) is 9.55 Å². The van der Waals surface area contributed by atoms with Crippen molar-refractivity contribution >= 4 is 0 Å². The Kier molecular flexibility index (Phi) is 2.89. The molecule has 1 heterocycles. The largest absolute Gasteiger partial charge is 0.321 e. The van der Waals surface area contributed by atoms with Crippen LogP contribution >= 0.6 is 0 Å². The lowest BCUT2D eigenvalue weighted by molar-refractivity contribution is 0.523. The summed E-state index contributed by atoms with van der Waals surface area (Å²) in [5, 5.41) is 9.04. The van der Waals surface area contributed by atoms with Gasteiger partial charge in [0.1, 0.15) is 17.4 Å². The summed E-state index contributed by atoms with van der Waals surface area (Å²) in [6.45, 7) is 3.65. The van der Waals surface area contributed by atoms with E-state index in [-0.39, 0.29) is 5.56 Å². The molecule has 2 rings (SSSR count). The average Bonchev–Trinajstić information content (AvgIpc) is 2.77. The second-order valence-corrected chi connectivity index (χ2v) is 4.62. The van der Waals surface area contributed by atoms with E-state index in [0.717, 1.165) is 0 Å². The number of nitrogens with two attached hydrogens (primary N) is 1. The molecule has 1 aromatic carbocycles. The fraction of sp³-hybridized carbons (Fsp3) is 0.231. The number of nitriles is 1. The summed E-state index contributed by atoms with van der Waals surface area (Å²) in [6.07, 6.45) is 3.14. The smallest absolute Gasteiger partial charge is 0.143 e. The molecule has 2 aromatic rings. The van der Waals surface area contributed by atoms with E-state index in [0.29, 0.717) is 11.4 Å². The van der Waals surface area contributed by atoms with Crippen LogP contribution in [0.15, 0.2) is 30.7 Å². The van der Waals surface area contributed by atoms with E-state index in [1.165, 1.54) is 12.4 Å². The van der Waals surface area contributed by atoms with Crippen molar-refractivity contribution in [2.45, 2.75) is 19.4 Å². The molecule has 0 amide bonds. The summed E-state index contributed by atoms with van der Waals surface area (Å²) in [4.78, 5) is 4.02. The van der Waals surface area contributed by atoms with Gasteiger partial charge >= 0.3 is 0 Å². The highest BCUT2D eigenvalue weighted by Gasteiger charge is 2.21. The lowest BCUT2D eigenvalue weighted by atomic mass is 10.0. The van der Waals surface area contributed by atoms with Crippen molar-refractivity contribution in [2.24, 2.45) is 5.73 Å². The molecule has 0 atom stereocenters. The summed E-state index contributed by atoms with van der Waals surface area (Å²) >= 11 is 0. The van der Waals surface area contributed by atoms with E-state index in [1.807, 2.05) is 19.9 Å². The van der Waals surface area contributed by atoms with E-state index >= 15 is 0 Å². The van der Waals surface area contributed by atoms with Gasteiger partial charge in [0.2, 0.25) is 0 Å². The van der Waals surface area contributed by atoms with Gasteiger partial charge in [-0.15, -0.1) is 0 Å². The SMILES string of the molecule is CC(C)(N)c1cncn1-c1cccc(F)c1C#N. The maximum atomic E-state index is 13.6. The van der Waals surface area contributed by atoms with Crippen LogP contribution in [0.5, 0.6) is 0 Å². The minimum atomic E-state index is -0.629. The van der Waals surface area contributed by atoms with Gasteiger partial charge in [-0.2, -0.15) is 5.26 Å². The standard InChI is InChI=1S/C13H13FN4/c1-13(2,16)12-7-17-8-18(12)11-5-3-4-10(14)9(11)6-15/h3-5,7-8H,16H2,1-2H3. The molecule has 0 fully saturated rings. The zero-order valence-corrected chi connectivity index (χ0v) is 10.2. The molecule has 2 N–H and O–H groups in total. The summed E-state index contributed by atoms with van der Waals surface area (Å²) in [7, 11) is 0. The van der Waals surface area contributed by atoms with Crippen LogP contribution in [0.1, 0.15) is 25.1 Å². The molecular weight excluding hydrogens is 231 g/mol. The fourth-order valence-corrected chi connectivity index (χ4v) is 1.79. The number of hydrogen-bond acceptors (Lipinski definition) is 3. The first-order chi connectivity index (χ1) is 8.45. The van der Waals surface area contributed by atoms with Crippen molar-refractivity contribution in [3.05, 3.63) is 47.8 Å². The minimum absolute atomic E-state index is 0.0130. The molecule has 5 heteroatoms. The van der Waals surface area contributed by atoms with Gasteiger partial charge in [-0.3, -0.25) is 4.57 Å². The van der Waals surface area contributed by atoms with Gasteiger partial charge in [-0.25, -0.2) is 9.37 Å². The van der Waals surface area contributed by atoms with Gasteiger partial charge in [-0.1, -0.05) is 6.07 Å². The molecule has 0 saturated carbocycles. The lowest BCUT2D eigenvalue weighted by Gasteiger charge is -2.21. The maximum absolute atomic E-state index is 13.6. The molecule has 0 aliphatic carbocycles. The zero-order chi connectivity index (χ0) is 13.3. The van der Waals surface area contributed by atoms with E-state index in [1.54, 1.807) is 22.9 Å². The zero-order valence-electron chi connectivity index (χ0n) is 10.2. The van der Waals surface area contributed by atoms with Crippen LogP contribution in [0.2, 0.25) is 0 Å². The third-order valence-corrected chi connectivity index (χ3v) is 2.66. The second-order valence-electron chi connectivity index (χ2n) is 4.62. The molecule has 0 spiro atoms. The minimum Gasteiger partial charge on any atom is -0.321 e. The molecule has 0 saturated heterocycles. The second kappa shape index (κ2) is 4.24. The van der Waals surface area contributed by atoms with Crippen molar-refractivity contribution in [3.8, 4) is 11.8 Å². The number of rotatable bonds is 2. The first-order valence-electron chi connectivity index (χ1n) is 5.46. The van der Waals surface area contributed by atoms with Gasteiger partial charge < -0.3 is 5.73 Å². The third kappa shape index (κ3) is 1.98. The summed E-state index contributed by atoms with van der Waals surface area (Å²) in [5.74, 6) is -0.551. The number of hydrogen-bond donors (Lipinski definition) is 1. The van der Waals surface area contributed by atoms with Gasteiger partial charge in [0, 0.05) is 0 Å². The van der Waals surface area contributed by atoms with Gasteiger partial charge in [0.05, 0.1) is 29.4 Å². The summed E-state index contributed by atoms with van der Waals surface area (Å²) in [5.41, 5.74) is 6.55. The Morgan fingerprint density at radius 2 is 2.17 bits per heavy atom.